The Hall–Kier alpha value is -1.06. The van der Waals surface area contributed by atoms with E-state index in [9.17, 15) is 0 Å². The Morgan fingerprint density at radius 2 is 2.21 bits per heavy atom. The fourth-order valence-corrected chi connectivity index (χ4v) is 4.13. The van der Waals surface area contributed by atoms with Crippen LogP contribution >= 0.6 is 11.3 Å². The highest BCUT2D eigenvalue weighted by Gasteiger charge is 2.42. The topological polar surface area (TPSA) is 21.3 Å². The molecule has 2 aromatic rings. The van der Waals surface area contributed by atoms with Gasteiger partial charge in [0.2, 0.25) is 0 Å². The van der Waals surface area contributed by atoms with E-state index in [2.05, 4.69) is 35.0 Å². The van der Waals surface area contributed by atoms with E-state index in [0.29, 0.717) is 6.04 Å². The second-order valence-electron chi connectivity index (χ2n) is 5.89. The van der Waals surface area contributed by atoms with E-state index in [-0.39, 0.29) is 5.60 Å². The second kappa shape index (κ2) is 4.50. The number of hydrogen-bond acceptors (Lipinski definition) is 3. The molecule has 2 aliphatic rings. The Labute approximate surface area is 117 Å². The fraction of sp³-hybridized carbons (Fsp3) is 0.500. The summed E-state index contributed by atoms with van der Waals surface area (Å²) in [6.45, 7) is 0.915. The number of benzene rings is 1. The van der Waals surface area contributed by atoms with Gasteiger partial charge in [-0.05, 0) is 67.1 Å². The van der Waals surface area contributed by atoms with Crippen LogP contribution in [0, 0.1) is 0 Å². The predicted molar refractivity (Wildman–Crippen MR) is 81.0 cm³/mol. The fourth-order valence-electron chi connectivity index (χ4n) is 3.36. The molecule has 4 rings (SSSR count). The maximum Gasteiger partial charge on any atom is 0.0702 e. The molecular weight excluding hydrogens is 254 g/mol. The summed E-state index contributed by atoms with van der Waals surface area (Å²) in [5, 5.41) is 7.22. The predicted octanol–water partition coefficient (Wildman–Crippen LogP) is 4.41. The highest BCUT2D eigenvalue weighted by atomic mass is 32.1. The molecule has 1 aliphatic heterocycles. The van der Waals surface area contributed by atoms with Gasteiger partial charge in [-0.25, -0.2) is 0 Å². The van der Waals surface area contributed by atoms with E-state index in [1.807, 2.05) is 0 Å². The van der Waals surface area contributed by atoms with Crippen molar-refractivity contribution in [1.29, 1.82) is 0 Å². The van der Waals surface area contributed by atoms with E-state index in [1.165, 1.54) is 41.5 Å². The van der Waals surface area contributed by atoms with E-state index in [4.69, 9.17) is 4.74 Å². The lowest BCUT2D eigenvalue weighted by molar-refractivity contribution is -0.130. The van der Waals surface area contributed by atoms with Gasteiger partial charge in [0, 0.05) is 23.0 Å². The van der Waals surface area contributed by atoms with Crippen molar-refractivity contribution >= 4 is 27.1 Å². The van der Waals surface area contributed by atoms with Crippen molar-refractivity contribution in [3.63, 3.8) is 0 Å². The summed E-state index contributed by atoms with van der Waals surface area (Å²) in [5.41, 5.74) is 1.48. The zero-order valence-corrected chi connectivity index (χ0v) is 11.8. The quantitative estimate of drug-likeness (QED) is 0.875. The third-order valence-electron chi connectivity index (χ3n) is 4.58. The normalized spacial score (nSPS) is 25.4. The summed E-state index contributed by atoms with van der Waals surface area (Å²) in [7, 11) is 0. The van der Waals surface area contributed by atoms with Crippen molar-refractivity contribution in [2.45, 2.75) is 43.7 Å². The summed E-state index contributed by atoms with van der Waals surface area (Å²) in [6.07, 6.45) is 6.16. The highest BCUT2D eigenvalue weighted by molar-refractivity contribution is 7.17. The van der Waals surface area contributed by atoms with Crippen molar-refractivity contribution in [3.05, 3.63) is 29.6 Å². The maximum atomic E-state index is 5.99. The summed E-state index contributed by atoms with van der Waals surface area (Å²) in [5.74, 6) is 0. The van der Waals surface area contributed by atoms with Crippen LogP contribution in [-0.4, -0.2) is 18.2 Å². The van der Waals surface area contributed by atoms with Crippen molar-refractivity contribution in [3.8, 4) is 0 Å². The molecule has 1 spiro atoms. The van der Waals surface area contributed by atoms with Gasteiger partial charge < -0.3 is 10.1 Å². The maximum absolute atomic E-state index is 5.99. The molecule has 19 heavy (non-hydrogen) atoms. The van der Waals surface area contributed by atoms with Crippen LogP contribution in [0.1, 0.15) is 32.1 Å². The first-order chi connectivity index (χ1) is 9.33. The standard InChI is InChI=1S/C16H19NOS/c1-6-16(7-1)11-14(4-8-18-16)17-13-2-3-15-12(10-13)5-9-19-15/h2-3,5,9-10,14,17H,1,4,6-8,11H2. The molecule has 2 fully saturated rings. The van der Waals surface area contributed by atoms with Gasteiger partial charge in [0.05, 0.1) is 5.60 Å². The van der Waals surface area contributed by atoms with Crippen molar-refractivity contribution in [2.24, 2.45) is 0 Å². The number of rotatable bonds is 2. The van der Waals surface area contributed by atoms with Crippen LogP contribution in [0.15, 0.2) is 29.6 Å². The van der Waals surface area contributed by atoms with Gasteiger partial charge in [0.15, 0.2) is 0 Å². The van der Waals surface area contributed by atoms with E-state index >= 15 is 0 Å². The highest BCUT2D eigenvalue weighted by Crippen LogP contribution is 2.42. The Morgan fingerprint density at radius 3 is 3.05 bits per heavy atom. The van der Waals surface area contributed by atoms with Gasteiger partial charge in [-0.15, -0.1) is 11.3 Å². The number of nitrogens with one attached hydrogen (secondary N) is 1. The number of fused-ring (bicyclic) bond motifs is 1. The van der Waals surface area contributed by atoms with Gasteiger partial charge >= 0.3 is 0 Å². The molecule has 1 saturated heterocycles. The lowest BCUT2D eigenvalue weighted by Crippen LogP contribution is -2.48. The molecule has 1 unspecified atom stereocenters. The summed E-state index contributed by atoms with van der Waals surface area (Å²) >= 11 is 1.81. The van der Waals surface area contributed by atoms with Crippen LogP contribution in [0.5, 0.6) is 0 Å². The number of hydrogen-bond donors (Lipinski definition) is 1. The monoisotopic (exact) mass is 273 g/mol. The van der Waals surface area contributed by atoms with Crippen LogP contribution in [0.2, 0.25) is 0 Å². The van der Waals surface area contributed by atoms with Crippen LogP contribution < -0.4 is 5.32 Å². The first-order valence-corrected chi connectivity index (χ1v) is 8.09. The Balaban J connectivity index is 1.50. The Morgan fingerprint density at radius 1 is 1.26 bits per heavy atom. The zero-order valence-electron chi connectivity index (χ0n) is 11.0. The van der Waals surface area contributed by atoms with Crippen molar-refractivity contribution in [2.75, 3.05) is 11.9 Å². The zero-order chi connectivity index (χ0) is 12.7. The minimum Gasteiger partial charge on any atom is -0.382 e. The molecule has 1 aromatic carbocycles. The molecule has 1 saturated carbocycles. The SMILES string of the molecule is c1cc2cc(NC3CCOC4(CCC4)C3)ccc2s1. The molecule has 1 N–H and O–H groups in total. The average molecular weight is 273 g/mol. The lowest BCUT2D eigenvalue weighted by Gasteiger charge is -2.47. The Kier molecular flexibility index (Phi) is 2.78. The molecule has 3 heteroatoms. The molecule has 0 amide bonds. The molecule has 1 aromatic heterocycles. The van der Waals surface area contributed by atoms with Gasteiger partial charge in [0.25, 0.3) is 0 Å². The van der Waals surface area contributed by atoms with Crippen LogP contribution in [0.25, 0.3) is 10.1 Å². The van der Waals surface area contributed by atoms with Gasteiger partial charge in [-0.3, -0.25) is 0 Å². The molecule has 0 bridgehead atoms. The van der Waals surface area contributed by atoms with E-state index < -0.39 is 0 Å². The van der Waals surface area contributed by atoms with E-state index in [1.54, 1.807) is 11.3 Å². The average Bonchev–Trinajstić information content (AvgIpc) is 2.85. The van der Waals surface area contributed by atoms with Crippen molar-refractivity contribution < 1.29 is 4.74 Å². The van der Waals surface area contributed by atoms with E-state index in [0.717, 1.165) is 13.0 Å². The van der Waals surface area contributed by atoms with Crippen LogP contribution in [-0.2, 0) is 4.74 Å². The second-order valence-corrected chi connectivity index (χ2v) is 6.84. The van der Waals surface area contributed by atoms with Gasteiger partial charge in [-0.2, -0.15) is 0 Å². The number of anilines is 1. The smallest absolute Gasteiger partial charge is 0.0702 e. The summed E-state index contributed by atoms with van der Waals surface area (Å²) < 4.78 is 7.36. The molecule has 1 aliphatic carbocycles. The van der Waals surface area contributed by atoms with Gasteiger partial charge in [-0.1, -0.05) is 0 Å². The van der Waals surface area contributed by atoms with Crippen molar-refractivity contribution in [1.82, 2.24) is 0 Å². The minimum atomic E-state index is 0.225. The molecule has 2 nitrogen and oxygen atoms in total. The molecule has 2 heterocycles. The minimum absolute atomic E-state index is 0.225. The Bertz CT molecular complexity index is 587. The number of ether oxygens (including phenoxy) is 1. The third-order valence-corrected chi connectivity index (χ3v) is 5.48. The van der Waals surface area contributed by atoms with Crippen LogP contribution in [0.4, 0.5) is 5.69 Å². The third kappa shape index (κ3) is 2.15. The molecule has 0 radical (unpaired) electrons. The van der Waals surface area contributed by atoms with Gasteiger partial charge in [0.1, 0.15) is 0 Å². The van der Waals surface area contributed by atoms with Crippen LogP contribution in [0.3, 0.4) is 0 Å². The molecular formula is C16H19NOS. The molecule has 1 atom stereocenters. The summed E-state index contributed by atoms with van der Waals surface area (Å²) in [4.78, 5) is 0. The largest absolute Gasteiger partial charge is 0.382 e. The first-order valence-electron chi connectivity index (χ1n) is 7.21. The first kappa shape index (κ1) is 11.7. The number of thiophene rings is 1. The molecule has 100 valence electrons. The summed E-state index contributed by atoms with van der Waals surface area (Å²) in [6, 6.07) is 9.48. The lowest BCUT2D eigenvalue weighted by atomic mass is 9.74.